The fourth-order valence-corrected chi connectivity index (χ4v) is 3.18. The summed E-state index contributed by atoms with van der Waals surface area (Å²) in [5.74, 6) is -0.490. The van der Waals surface area contributed by atoms with Crippen molar-refractivity contribution in [2.24, 2.45) is 0 Å². The lowest BCUT2D eigenvalue weighted by Gasteiger charge is -2.09. The van der Waals surface area contributed by atoms with Crippen molar-refractivity contribution in [3.63, 3.8) is 0 Å². The molecule has 2 aromatic heterocycles. The summed E-state index contributed by atoms with van der Waals surface area (Å²) in [6, 6.07) is 7.13. The lowest BCUT2D eigenvalue weighted by molar-refractivity contribution is 0.0698. The summed E-state index contributed by atoms with van der Waals surface area (Å²) >= 11 is 6.15. The number of anilines is 2. The second-order valence-corrected chi connectivity index (χ2v) is 6.26. The number of fused-ring (bicyclic) bond motifs is 1. The van der Waals surface area contributed by atoms with Crippen molar-refractivity contribution in [1.29, 1.82) is 0 Å². The fourth-order valence-electron chi connectivity index (χ4n) is 3.01. The normalized spacial score (nSPS) is 17.1. The summed E-state index contributed by atoms with van der Waals surface area (Å²) in [5, 5.41) is 18.5. The maximum Gasteiger partial charge on any atom is 0.337 e. The third-order valence-corrected chi connectivity index (χ3v) is 4.46. The molecular formula is C17H15ClN4O3. The molecule has 0 radical (unpaired) electrons. The number of hydrogen-bond acceptors (Lipinski definition) is 5. The van der Waals surface area contributed by atoms with Gasteiger partial charge in [0.2, 0.25) is 0 Å². The Labute approximate surface area is 148 Å². The Balaban J connectivity index is 1.82. The number of pyridine rings is 1. The third-order valence-electron chi connectivity index (χ3n) is 4.22. The Hall–Kier alpha value is -2.64. The summed E-state index contributed by atoms with van der Waals surface area (Å²) in [6.07, 6.45) is 3.79. The Kier molecular flexibility index (Phi) is 4.03. The molecule has 8 heteroatoms. The van der Waals surface area contributed by atoms with E-state index in [1.807, 2.05) is 22.9 Å². The molecule has 4 rings (SSSR count). The molecule has 0 unspecified atom stereocenters. The van der Waals surface area contributed by atoms with Crippen molar-refractivity contribution in [3.05, 3.63) is 47.2 Å². The molecule has 2 N–H and O–H groups in total. The number of aromatic nitrogens is 3. The van der Waals surface area contributed by atoms with Gasteiger partial charge in [0, 0.05) is 23.2 Å². The molecule has 1 aliphatic rings. The molecule has 1 aromatic carbocycles. The number of carboxylic acids is 1. The summed E-state index contributed by atoms with van der Waals surface area (Å²) in [7, 11) is 0. The van der Waals surface area contributed by atoms with E-state index in [0.29, 0.717) is 29.7 Å². The van der Waals surface area contributed by atoms with Gasteiger partial charge in [-0.15, -0.1) is 0 Å². The van der Waals surface area contributed by atoms with Gasteiger partial charge in [-0.2, -0.15) is 5.10 Å². The number of aromatic carboxylic acids is 1. The molecule has 1 atom stereocenters. The van der Waals surface area contributed by atoms with Gasteiger partial charge >= 0.3 is 5.97 Å². The molecule has 1 fully saturated rings. The van der Waals surface area contributed by atoms with Crippen molar-refractivity contribution in [3.8, 4) is 0 Å². The molecule has 7 nitrogen and oxygen atoms in total. The van der Waals surface area contributed by atoms with Gasteiger partial charge in [-0.05, 0) is 30.7 Å². The van der Waals surface area contributed by atoms with E-state index in [9.17, 15) is 9.90 Å². The molecule has 3 aromatic rings. The Morgan fingerprint density at radius 2 is 2.28 bits per heavy atom. The van der Waals surface area contributed by atoms with E-state index in [2.05, 4.69) is 15.4 Å². The fraction of sp³-hybridized carbons (Fsp3) is 0.235. The minimum Gasteiger partial charge on any atom is -0.478 e. The van der Waals surface area contributed by atoms with Crippen LogP contribution in [0.1, 0.15) is 22.8 Å². The van der Waals surface area contributed by atoms with Gasteiger partial charge in [0.15, 0.2) is 5.82 Å². The zero-order valence-corrected chi connectivity index (χ0v) is 13.9. The van der Waals surface area contributed by atoms with Gasteiger partial charge in [0.05, 0.1) is 35.6 Å². The summed E-state index contributed by atoms with van der Waals surface area (Å²) < 4.78 is 7.38. The molecule has 0 spiro atoms. The minimum absolute atomic E-state index is 0.129. The topological polar surface area (TPSA) is 89.3 Å². The first kappa shape index (κ1) is 15.9. The first-order valence-corrected chi connectivity index (χ1v) is 8.21. The van der Waals surface area contributed by atoms with E-state index in [1.54, 1.807) is 0 Å². The highest BCUT2D eigenvalue weighted by atomic mass is 35.5. The third kappa shape index (κ3) is 2.92. The first-order chi connectivity index (χ1) is 12.1. The van der Waals surface area contributed by atoms with Crippen LogP contribution in [0.3, 0.4) is 0 Å². The Morgan fingerprint density at radius 3 is 3.04 bits per heavy atom. The number of nitrogens with zero attached hydrogens (tertiary/aromatic N) is 3. The Bertz CT molecular complexity index is 950. The van der Waals surface area contributed by atoms with E-state index < -0.39 is 5.97 Å². The van der Waals surface area contributed by atoms with Crippen molar-refractivity contribution < 1.29 is 14.6 Å². The molecule has 1 saturated heterocycles. The van der Waals surface area contributed by atoms with E-state index in [-0.39, 0.29) is 11.6 Å². The number of benzene rings is 1. The van der Waals surface area contributed by atoms with Gasteiger partial charge in [-0.3, -0.25) is 9.67 Å². The van der Waals surface area contributed by atoms with Crippen LogP contribution in [0.15, 0.2) is 36.7 Å². The maximum absolute atomic E-state index is 11.4. The van der Waals surface area contributed by atoms with E-state index >= 15 is 0 Å². The summed E-state index contributed by atoms with van der Waals surface area (Å²) in [6.45, 7) is 1.31. The monoisotopic (exact) mass is 358 g/mol. The number of carbonyl (C=O) groups is 1. The highest BCUT2D eigenvalue weighted by Crippen LogP contribution is 2.32. The average Bonchev–Trinajstić information content (AvgIpc) is 3.23. The standard InChI is InChI=1S/C17H15ClN4O3/c18-10-1-2-15-13(7-10)16(21-22(15)11-4-6-25-9-11)20-14-8-19-5-3-12(14)17(23)24/h1-3,5,7-8,11H,4,6,9H2,(H,20,21)(H,23,24)/t11-/m0/s1. The van der Waals surface area contributed by atoms with Gasteiger partial charge in [0.25, 0.3) is 0 Å². The van der Waals surface area contributed by atoms with Crippen LogP contribution in [-0.2, 0) is 4.74 Å². The number of nitrogens with one attached hydrogen (secondary N) is 1. The lowest BCUT2D eigenvalue weighted by Crippen LogP contribution is -2.10. The SMILES string of the molecule is O=C(O)c1ccncc1Nc1nn([C@H]2CCOC2)c2ccc(Cl)cc12. The second kappa shape index (κ2) is 6.34. The number of hydrogen-bond donors (Lipinski definition) is 2. The Morgan fingerprint density at radius 1 is 1.40 bits per heavy atom. The zero-order valence-electron chi connectivity index (χ0n) is 13.1. The van der Waals surface area contributed by atoms with Crippen LogP contribution in [0.2, 0.25) is 5.02 Å². The van der Waals surface area contributed by atoms with Gasteiger partial charge in [-0.1, -0.05) is 11.6 Å². The summed E-state index contributed by atoms with van der Waals surface area (Å²) in [4.78, 5) is 15.4. The number of rotatable bonds is 4. The molecule has 25 heavy (non-hydrogen) atoms. The smallest absolute Gasteiger partial charge is 0.337 e. The van der Waals surface area contributed by atoms with Crippen LogP contribution in [0, 0.1) is 0 Å². The van der Waals surface area contributed by atoms with Crippen LogP contribution in [0.4, 0.5) is 11.5 Å². The molecule has 0 aliphatic carbocycles. The summed E-state index contributed by atoms with van der Waals surface area (Å²) in [5.41, 5.74) is 1.43. The van der Waals surface area contributed by atoms with Crippen molar-refractivity contribution in [1.82, 2.24) is 14.8 Å². The molecule has 1 aliphatic heterocycles. The molecule has 0 bridgehead atoms. The van der Waals surface area contributed by atoms with Crippen molar-refractivity contribution >= 4 is 40.0 Å². The van der Waals surface area contributed by atoms with Crippen LogP contribution < -0.4 is 5.32 Å². The number of carboxylic acid groups (broad SMARTS) is 1. The van der Waals surface area contributed by atoms with Crippen LogP contribution in [0.25, 0.3) is 10.9 Å². The zero-order chi connectivity index (χ0) is 17.4. The van der Waals surface area contributed by atoms with E-state index in [4.69, 9.17) is 16.3 Å². The van der Waals surface area contributed by atoms with Crippen LogP contribution in [-0.4, -0.2) is 39.1 Å². The molecule has 3 heterocycles. The highest BCUT2D eigenvalue weighted by molar-refractivity contribution is 6.31. The average molecular weight is 359 g/mol. The highest BCUT2D eigenvalue weighted by Gasteiger charge is 2.23. The van der Waals surface area contributed by atoms with Gasteiger partial charge < -0.3 is 15.2 Å². The minimum atomic E-state index is -1.03. The second-order valence-electron chi connectivity index (χ2n) is 5.82. The van der Waals surface area contributed by atoms with E-state index in [1.165, 1.54) is 18.5 Å². The van der Waals surface area contributed by atoms with E-state index in [0.717, 1.165) is 17.3 Å². The number of ether oxygens (including phenoxy) is 1. The predicted molar refractivity (Wildman–Crippen MR) is 93.7 cm³/mol. The molecule has 0 saturated carbocycles. The molecular weight excluding hydrogens is 344 g/mol. The quantitative estimate of drug-likeness (QED) is 0.742. The van der Waals surface area contributed by atoms with Crippen molar-refractivity contribution in [2.45, 2.75) is 12.5 Å². The molecule has 0 amide bonds. The largest absolute Gasteiger partial charge is 0.478 e. The van der Waals surface area contributed by atoms with Gasteiger partial charge in [0.1, 0.15) is 0 Å². The number of halogens is 1. The predicted octanol–water partition coefficient (Wildman–Crippen LogP) is 3.49. The first-order valence-electron chi connectivity index (χ1n) is 7.83. The molecule has 128 valence electrons. The van der Waals surface area contributed by atoms with Crippen LogP contribution in [0.5, 0.6) is 0 Å². The maximum atomic E-state index is 11.4. The van der Waals surface area contributed by atoms with Crippen molar-refractivity contribution in [2.75, 3.05) is 18.5 Å². The van der Waals surface area contributed by atoms with Gasteiger partial charge in [-0.25, -0.2) is 4.79 Å². The lowest BCUT2D eigenvalue weighted by atomic mass is 10.2. The van der Waals surface area contributed by atoms with Crippen LogP contribution >= 0.6 is 11.6 Å².